The third-order valence-electron chi connectivity index (χ3n) is 7.07. The number of hydrogen-bond donors (Lipinski definition) is 2. The number of hydrogen-bond acceptors (Lipinski definition) is 6. The fourth-order valence-electron chi connectivity index (χ4n) is 5.69. The van der Waals surface area contributed by atoms with Gasteiger partial charge < -0.3 is 14.9 Å². The summed E-state index contributed by atoms with van der Waals surface area (Å²) >= 11 is 0. The Morgan fingerprint density at radius 3 is 2.88 bits per heavy atom. The SMILES string of the molecule is CC(=O)C1(O)CC=C2C[C@H]3N(C)CC[C@]45C2=C1O[C@H]4C(=O)C=C[C@@]35O. The maximum Gasteiger partial charge on any atom is 0.196 e. The maximum absolute atomic E-state index is 12.6. The Balaban J connectivity index is 1.83. The molecule has 1 saturated heterocycles. The summed E-state index contributed by atoms with van der Waals surface area (Å²) in [6.07, 6.45) is 5.32. The average molecular weight is 343 g/mol. The highest BCUT2D eigenvalue weighted by Gasteiger charge is 2.74. The van der Waals surface area contributed by atoms with Gasteiger partial charge >= 0.3 is 0 Å². The quantitative estimate of drug-likeness (QED) is 0.710. The van der Waals surface area contributed by atoms with E-state index >= 15 is 0 Å². The highest BCUT2D eigenvalue weighted by molar-refractivity contribution is 5.99. The molecule has 0 aromatic carbocycles. The summed E-state index contributed by atoms with van der Waals surface area (Å²) in [4.78, 5) is 27.0. The van der Waals surface area contributed by atoms with E-state index in [4.69, 9.17) is 4.74 Å². The van der Waals surface area contributed by atoms with Gasteiger partial charge in [0.1, 0.15) is 11.4 Å². The van der Waals surface area contributed by atoms with Gasteiger partial charge in [0, 0.05) is 18.0 Å². The molecule has 1 spiro atoms. The minimum absolute atomic E-state index is 0.149. The second-order valence-corrected chi connectivity index (χ2v) is 8.03. The number of carbonyl (C=O) groups is 2. The van der Waals surface area contributed by atoms with Crippen LogP contribution in [0.15, 0.2) is 35.1 Å². The molecule has 2 heterocycles. The van der Waals surface area contributed by atoms with Crippen LogP contribution in [0.2, 0.25) is 0 Å². The van der Waals surface area contributed by atoms with Crippen LogP contribution in [-0.4, -0.2) is 63.6 Å². The Hall–Kier alpha value is -1.76. The van der Waals surface area contributed by atoms with Crippen molar-refractivity contribution in [3.05, 3.63) is 35.1 Å². The lowest BCUT2D eigenvalue weighted by Gasteiger charge is -2.61. The monoisotopic (exact) mass is 343 g/mol. The summed E-state index contributed by atoms with van der Waals surface area (Å²) in [5.74, 6) is -0.421. The number of carbonyl (C=O) groups excluding carboxylic acids is 2. The zero-order valence-corrected chi connectivity index (χ0v) is 14.3. The van der Waals surface area contributed by atoms with Crippen LogP contribution >= 0.6 is 0 Å². The number of ether oxygens (including phenoxy) is 1. The molecule has 0 aromatic rings. The first kappa shape index (κ1) is 15.5. The number of rotatable bonds is 1. The van der Waals surface area contributed by atoms with E-state index in [1.165, 1.54) is 13.0 Å². The highest BCUT2D eigenvalue weighted by Crippen LogP contribution is 2.66. The summed E-state index contributed by atoms with van der Waals surface area (Å²) in [5, 5.41) is 22.7. The summed E-state index contributed by atoms with van der Waals surface area (Å²) in [6, 6.07) is -0.158. The Morgan fingerprint density at radius 2 is 2.16 bits per heavy atom. The van der Waals surface area contributed by atoms with Crippen LogP contribution in [0.5, 0.6) is 0 Å². The zero-order valence-electron chi connectivity index (χ0n) is 14.3. The molecule has 3 aliphatic carbocycles. The topological polar surface area (TPSA) is 87.1 Å². The molecular formula is C19H21NO5. The molecule has 0 radical (unpaired) electrons. The first-order valence-corrected chi connectivity index (χ1v) is 8.76. The molecule has 6 heteroatoms. The number of likely N-dealkylation sites (N-methyl/N-ethyl adjacent to an activating group) is 1. The molecule has 0 amide bonds. The van der Waals surface area contributed by atoms with Crippen molar-refractivity contribution in [2.24, 2.45) is 5.41 Å². The summed E-state index contributed by atoms with van der Waals surface area (Å²) < 4.78 is 6.00. The summed E-state index contributed by atoms with van der Waals surface area (Å²) in [7, 11) is 1.98. The van der Waals surface area contributed by atoms with Gasteiger partial charge in [-0.25, -0.2) is 0 Å². The second kappa shape index (κ2) is 4.31. The van der Waals surface area contributed by atoms with Gasteiger partial charge in [-0.2, -0.15) is 0 Å². The molecule has 2 aliphatic heterocycles. The third kappa shape index (κ3) is 1.45. The van der Waals surface area contributed by atoms with E-state index in [1.54, 1.807) is 6.08 Å². The average Bonchev–Trinajstić information content (AvgIpc) is 2.92. The Morgan fingerprint density at radius 1 is 1.40 bits per heavy atom. The fourth-order valence-corrected chi connectivity index (χ4v) is 5.69. The molecular weight excluding hydrogens is 322 g/mol. The molecule has 0 aromatic heterocycles. The number of likely N-dealkylation sites (tertiary alicyclic amines) is 1. The first-order valence-electron chi connectivity index (χ1n) is 8.76. The highest BCUT2D eigenvalue weighted by atomic mass is 16.5. The van der Waals surface area contributed by atoms with E-state index < -0.39 is 28.5 Å². The third-order valence-corrected chi connectivity index (χ3v) is 7.07. The first-order chi connectivity index (χ1) is 11.8. The van der Waals surface area contributed by atoms with E-state index in [0.717, 1.165) is 12.1 Å². The van der Waals surface area contributed by atoms with Gasteiger partial charge in [0.2, 0.25) is 0 Å². The van der Waals surface area contributed by atoms with Crippen molar-refractivity contribution in [3.8, 4) is 0 Å². The molecule has 5 rings (SSSR count). The Kier molecular flexibility index (Phi) is 2.67. The summed E-state index contributed by atoms with van der Waals surface area (Å²) in [5.41, 5.74) is -2.22. The van der Waals surface area contributed by atoms with E-state index in [9.17, 15) is 19.8 Å². The largest absolute Gasteiger partial charge is 0.482 e. The molecule has 132 valence electrons. The molecule has 2 N–H and O–H groups in total. The van der Waals surface area contributed by atoms with Crippen molar-refractivity contribution >= 4 is 11.6 Å². The van der Waals surface area contributed by atoms with Crippen LogP contribution in [0.1, 0.15) is 26.2 Å². The molecule has 1 saturated carbocycles. The lowest BCUT2D eigenvalue weighted by atomic mass is 9.48. The van der Waals surface area contributed by atoms with Gasteiger partial charge in [0.25, 0.3) is 0 Å². The van der Waals surface area contributed by atoms with Crippen molar-refractivity contribution in [3.63, 3.8) is 0 Å². The number of piperidine rings is 1. The summed E-state index contributed by atoms with van der Waals surface area (Å²) in [6.45, 7) is 2.05. The lowest BCUT2D eigenvalue weighted by molar-refractivity contribution is -0.173. The number of Topliss-reactive ketones (excluding diaryl/α,β-unsaturated/α-hetero) is 1. The minimum atomic E-state index is -1.75. The van der Waals surface area contributed by atoms with E-state index in [2.05, 4.69) is 4.90 Å². The van der Waals surface area contributed by atoms with Crippen LogP contribution < -0.4 is 0 Å². The van der Waals surface area contributed by atoms with Crippen LogP contribution in [0.25, 0.3) is 0 Å². The minimum Gasteiger partial charge on any atom is -0.482 e. The van der Waals surface area contributed by atoms with Crippen molar-refractivity contribution < 1.29 is 24.5 Å². The standard InChI is InChI=1S/C19H21NO5/c1-10(21)18(23)5-3-11-9-13-19(24)6-4-12(22)15-17(19,7-8-20(13)2)14(11)16(18)25-15/h3-4,6,13,15,23-24H,5,7-9H2,1-2H3/t13-,15+,17+,18?,19-/m1/s1. The predicted octanol–water partition coefficient (Wildman–Crippen LogP) is 0.254. The van der Waals surface area contributed by atoms with Crippen molar-refractivity contribution in [1.82, 2.24) is 4.90 Å². The maximum atomic E-state index is 12.6. The van der Waals surface area contributed by atoms with Gasteiger partial charge in [-0.15, -0.1) is 0 Å². The van der Waals surface area contributed by atoms with Crippen molar-refractivity contribution in [1.29, 1.82) is 0 Å². The Labute approximate surface area is 145 Å². The van der Waals surface area contributed by atoms with Gasteiger partial charge in [-0.1, -0.05) is 6.08 Å². The predicted molar refractivity (Wildman–Crippen MR) is 87.4 cm³/mol. The van der Waals surface area contributed by atoms with Crippen LogP contribution in [-0.2, 0) is 14.3 Å². The van der Waals surface area contributed by atoms with Crippen molar-refractivity contribution in [2.45, 2.75) is 49.5 Å². The van der Waals surface area contributed by atoms with Gasteiger partial charge in [0.15, 0.2) is 23.3 Å². The fraction of sp³-hybridized carbons (Fsp3) is 0.579. The number of nitrogens with zero attached hydrogens (tertiary/aromatic N) is 1. The molecule has 2 bridgehead atoms. The molecule has 5 aliphatic rings. The van der Waals surface area contributed by atoms with E-state index in [0.29, 0.717) is 18.4 Å². The van der Waals surface area contributed by atoms with E-state index in [1.807, 2.05) is 13.1 Å². The normalized spacial score (nSPS) is 47.4. The molecule has 25 heavy (non-hydrogen) atoms. The molecule has 2 fully saturated rings. The molecule has 1 unspecified atom stereocenters. The number of ketones is 2. The van der Waals surface area contributed by atoms with E-state index in [-0.39, 0.29) is 24.0 Å². The number of aliphatic hydroxyl groups is 2. The molecule has 6 nitrogen and oxygen atoms in total. The van der Waals surface area contributed by atoms with Gasteiger partial charge in [-0.05, 0) is 51.1 Å². The second-order valence-electron chi connectivity index (χ2n) is 8.03. The van der Waals surface area contributed by atoms with Crippen molar-refractivity contribution in [2.75, 3.05) is 13.6 Å². The van der Waals surface area contributed by atoms with Crippen LogP contribution in [0, 0.1) is 5.41 Å². The lowest BCUT2D eigenvalue weighted by Crippen LogP contribution is -2.72. The van der Waals surface area contributed by atoms with Crippen LogP contribution in [0.3, 0.4) is 0 Å². The van der Waals surface area contributed by atoms with Crippen LogP contribution in [0.4, 0.5) is 0 Å². The van der Waals surface area contributed by atoms with Gasteiger partial charge in [-0.3, -0.25) is 14.5 Å². The zero-order chi connectivity index (χ0) is 17.8. The van der Waals surface area contributed by atoms with Gasteiger partial charge in [0.05, 0.1) is 5.41 Å². The Bertz CT molecular complexity index is 826. The smallest absolute Gasteiger partial charge is 0.196 e. The molecule has 5 atom stereocenters.